The summed E-state index contributed by atoms with van der Waals surface area (Å²) in [5.41, 5.74) is 1.92. The number of nitrogens with zero attached hydrogens (tertiary/aromatic N) is 1. The first kappa shape index (κ1) is 10.5. The van der Waals surface area contributed by atoms with Crippen molar-refractivity contribution >= 4 is 34.2 Å². The Morgan fingerprint density at radius 1 is 1.27 bits per heavy atom. The van der Waals surface area contributed by atoms with E-state index in [0.717, 1.165) is 20.8 Å². The fourth-order valence-electron chi connectivity index (χ4n) is 1.33. The van der Waals surface area contributed by atoms with Gasteiger partial charge in [0.05, 0.1) is 5.69 Å². The van der Waals surface area contributed by atoms with Crippen LogP contribution in [0.2, 0.25) is 0 Å². The van der Waals surface area contributed by atoms with Gasteiger partial charge in [-0.1, -0.05) is 12.1 Å². The van der Waals surface area contributed by atoms with Crippen LogP contribution in [0.3, 0.4) is 0 Å². The van der Waals surface area contributed by atoms with E-state index in [-0.39, 0.29) is 0 Å². The third-order valence-electron chi connectivity index (χ3n) is 2.03. The van der Waals surface area contributed by atoms with Crippen LogP contribution in [0.1, 0.15) is 11.6 Å². The van der Waals surface area contributed by atoms with Crippen LogP contribution in [0.25, 0.3) is 0 Å². The highest BCUT2D eigenvalue weighted by Gasteiger charge is 2.07. The Kier molecular flexibility index (Phi) is 2.95. The first-order valence-electron chi connectivity index (χ1n) is 4.62. The Bertz CT molecular complexity index is 479. The Labute approximate surface area is 102 Å². The van der Waals surface area contributed by atoms with E-state index in [0.29, 0.717) is 5.89 Å². The highest BCUT2D eigenvalue weighted by atomic mass is 127. The highest BCUT2D eigenvalue weighted by molar-refractivity contribution is 14.1. The molecule has 1 aromatic carbocycles. The van der Waals surface area contributed by atoms with Gasteiger partial charge >= 0.3 is 0 Å². The van der Waals surface area contributed by atoms with Gasteiger partial charge in [-0.2, -0.15) is 0 Å². The van der Waals surface area contributed by atoms with Gasteiger partial charge in [-0.05, 0) is 41.6 Å². The van der Waals surface area contributed by atoms with Crippen molar-refractivity contribution in [3.8, 4) is 0 Å². The topological polar surface area (TPSA) is 38.1 Å². The van der Waals surface area contributed by atoms with E-state index in [1.165, 1.54) is 0 Å². The molecule has 0 amide bonds. The average Bonchev–Trinajstić information content (AvgIpc) is 2.49. The summed E-state index contributed by atoms with van der Waals surface area (Å²) in [7, 11) is 0. The summed E-state index contributed by atoms with van der Waals surface area (Å²) in [5, 5.41) is 3.22. The Morgan fingerprint density at radius 2 is 2.00 bits per heavy atom. The van der Waals surface area contributed by atoms with E-state index in [4.69, 9.17) is 4.42 Å². The molecule has 0 aliphatic heterocycles. The molecule has 2 rings (SSSR count). The van der Waals surface area contributed by atoms with Gasteiger partial charge in [-0.25, -0.2) is 4.98 Å². The first-order chi connectivity index (χ1) is 7.16. The number of halogens is 1. The summed E-state index contributed by atoms with van der Waals surface area (Å²) >= 11 is 2.28. The van der Waals surface area contributed by atoms with Crippen molar-refractivity contribution in [3.05, 3.63) is 39.4 Å². The van der Waals surface area contributed by atoms with Crippen molar-refractivity contribution in [2.75, 3.05) is 5.32 Å². The highest BCUT2D eigenvalue weighted by Crippen LogP contribution is 2.24. The second kappa shape index (κ2) is 4.22. The van der Waals surface area contributed by atoms with Crippen LogP contribution >= 0.6 is 22.6 Å². The number of para-hydroxylation sites is 1. The lowest BCUT2D eigenvalue weighted by molar-refractivity contribution is 0.537. The summed E-state index contributed by atoms with van der Waals surface area (Å²) in [5.74, 6) is 1.40. The van der Waals surface area contributed by atoms with Gasteiger partial charge in [0, 0.05) is 10.5 Å². The molecule has 0 saturated heterocycles. The fourth-order valence-corrected chi connectivity index (χ4v) is 1.85. The summed E-state index contributed by atoms with van der Waals surface area (Å²) in [6.07, 6.45) is 0. The molecule has 1 N–H and O–H groups in total. The van der Waals surface area contributed by atoms with Crippen molar-refractivity contribution in [1.82, 2.24) is 4.98 Å². The predicted molar refractivity (Wildman–Crippen MR) is 68.4 cm³/mol. The molecule has 0 bridgehead atoms. The number of hydrogen-bond donors (Lipinski definition) is 1. The van der Waals surface area contributed by atoms with Crippen molar-refractivity contribution in [2.24, 2.45) is 0 Å². The van der Waals surface area contributed by atoms with E-state index in [2.05, 4.69) is 32.9 Å². The van der Waals surface area contributed by atoms with Crippen molar-refractivity contribution in [2.45, 2.75) is 13.8 Å². The Hall–Kier alpha value is -1.04. The maximum absolute atomic E-state index is 5.45. The van der Waals surface area contributed by atoms with Crippen LogP contribution < -0.4 is 5.32 Å². The largest absolute Gasteiger partial charge is 0.425 e. The van der Waals surface area contributed by atoms with Crippen molar-refractivity contribution < 1.29 is 4.42 Å². The van der Waals surface area contributed by atoms with E-state index in [1.807, 2.05) is 38.1 Å². The van der Waals surface area contributed by atoms with E-state index in [9.17, 15) is 0 Å². The number of nitrogens with one attached hydrogen (secondary N) is 1. The minimum absolute atomic E-state index is 0.681. The fraction of sp³-hybridized carbons (Fsp3) is 0.182. The molecular formula is C11H11IN2O. The maximum atomic E-state index is 5.45. The second-order valence-electron chi connectivity index (χ2n) is 3.25. The molecule has 0 aliphatic rings. The molecular weight excluding hydrogens is 303 g/mol. The predicted octanol–water partition coefficient (Wildman–Crippen LogP) is 3.64. The number of hydrogen-bond acceptors (Lipinski definition) is 3. The van der Waals surface area contributed by atoms with Gasteiger partial charge in [0.2, 0.25) is 5.88 Å². The number of benzene rings is 1. The molecule has 0 spiro atoms. The second-order valence-corrected chi connectivity index (χ2v) is 4.41. The zero-order chi connectivity index (χ0) is 10.8. The number of aromatic nitrogens is 1. The summed E-state index contributed by atoms with van der Waals surface area (Å²) in [6, 6.07) is 8.05. The Balaban J connectivity index is 2.29. The summed E-state index contributed by atoms with van der Waals surface area (Å²) < 4.78 is 6.60. The first-order valence-corrected chi connectivity index (χ1v) is 5.70. The third-order valence-corrected chi connectivity index (χ3v) is 2.97. The molecule has 0 fully saturated rings. The number of rotatable bonds is 2. The third kappa shape index (κ3) is 2.31. The molecule has 4 heteroatoms. The number of oxazole rings is 1. The van der Waals surface area contributed by atoms with Gasteiger partial charge < -0.3 is 9.73 Å². The summed E-state index contributed by atoms with van der Waals surface area (Å²) in [4.78, 5) is 4.21. The van der Waals surface area contributed by atoms with E-state index >= 15 is 0 Å². The molecule has 0 atom stereocenters. The lowest BCUT2D eigenvalue weighted by Gasteiger charge is -2.05. The van der Waals surface area contributed by atoms with Crippen LogP contribution in [0, 0.1) is 17.4 Å². The molecule has 15 heavy (non-hydrogen) atoms. The van der Waals surface area contributed by atoms with Gasteiger partial charge in [0.1, 0.15) is 5.69 Å². The molecule has 78 valence electrons. The van der Waals surface area contributed by atoms with Gasteiger partial charge in [0.15, 0.2) is 5.89 Å². The zero-order valence-electron chi connectivity index (χ0n) is 8.54. The smallest absolute Gasteiger partial charge is 0.221 e. The quantitative estimate of drug-likeness (QED) is 0.860. The van der Waals surface area contributed by atoms with Gasteiger partial charge in [-0.15, -0.1) is 0 Å². The molecule has 1 aromatic heterocycles. The normalized spacial score (nSPS) is 10.3. The van der Waals surface area contributed by atoms with Crippen LogP contribution in [0.4, 0.5) is 11.6 Å². The van der Waals surface area contributed by atoms with Crippen LogP contribution in [0.5, 0.6) is 0 Å². The average molecular weight is 314 g/mol. The molecule has 1 heterocycles. The van der Waals surface area contributed by atoms with E-state index in [1.54, 1.807) is 0 Å². The van der Waals surface area contributed by atoms with Crippen LogP contribution in [-0.2, 0) is 0 Å². The molecule has 0 radical (unpaired) electrons. The number of anilines is 2. The summed E-state index contributed by atoms with van der Waals surface area (Å²) in [6.45, 7) is 3.77. The standard InChI is InChI=1S/C11H11IN2O/c1-7-11(15-8(2)13-7)14-10-6-4-3-5-9(10)12/h3-6,14H,1-2H3. The minimum Gasteiger partial charge on any atom is -0.425 e. The van der Waals surface area contributed by atoms with Gasteiger partial charge in [-0.3, -0.25) is 0 Å². The van der Waals surface area contributed by atoms with Gasteiger partial charge in [0.25, 0.3) is 0 Å². The lowest BCUT2D eigenvalue weighted by Crippen LogP contribution is -1.92. The molecule has 0 saturated carbocycles. The lowest BCUT2D eigenvalue weighted by atomic mass is 10.3. The SMILES string of the molecule is Cc1nc(C)c(Nc2ccccc2I)o1. The van der Waals surface area contributed by atoms with Crippen LogP contribution in [-0.4, -0.2) is 4.98 Å². The maximum Gasteiger partial charge on any atom is 0.221 e. The zero-order valence-corrected chi connectivity index (χ0v) is 10.7. The minimum atomic E-state index is 0.681. The van der Waals surface area contributed by atoms with Crippen LogP contribution in [0.15, 0.2) is 28.7 Å². The molecule has 0 unspecified atom stereocenters. The van der Waals surface area contributed by atoms with E-state index < -0.39 is 0 Å². The van der Waals surface area contributed by atoms with Crippen molar-refractivity contribution in [1.29, 1.82) is 0 Å². The molecule has 3 nitrogen and oxygen atoms in total. The molecule has 2 aromatic rings. The Morgan fingerprint density at radius 3 is 2.60 bits per heavy atom. The monoisotopic (exact) mass is 314 g/mol. The number of aryl methyl sites for hydroxylation is 2. The molecule has 0 aliphatic carbocycles. The van der Waals surface area contributed by atoms with Crippen molar-refractivity contribution in [3.63, 3.8) is 0 Å².